The normalized spacial score (nSPS) is 13.1. The Labute approximate surface area is 184 Å². The van der Waals surface area contributed by atoms with Crippen molar-refractivity contribution in [2.24, 2.45) is 0 Å². The maximum atomic E-state index is 11.9. The molecule has 2 aromatic carbocycles. The van der Waals surface area contributed by atoms with Crippen molar-refractivity contribution in [2.45, 2.75) is 32.2 Å². The number of aromatic nitrogens is 2. The topological polar surface area (TPSA) is 90.4 Å². The molecule has 1 heterocycles. The maximum absolute atomic E-state index is 11.9. The highest BCUT2D eigenvalue weighted by atomic mass is 32.1. The molecule has 0 saturated heterocycles. The summed E-state index contributed by atoms with van der Waals surface area (Å²) in [6.45, 7) is 2.22. The van der Waals surface area contributed by atoms with Crippen LogP contribution in [0.15, 0.2) is 42.5 Å². The van der Waals surface area contributed by atoms with E-state index in [1.165, 1.54) is 26.9 Å². The first-order valence-electron chi connectivity index (χ1n) is 10.1. The van der Waals surface area contributed by atoms with E-state index in [0.717, 1.165) is 21.1 Å². The van der Waals surface area contributed by atoms with Crippen LogP contribution in [-0.4, -0.2) is 35.6 Å². The smallest absolute Gasteiger partial charge is 0.337 e. The molecule has 0 aliphatic heterocycles. The average molecular weight is 438 g/mol. The van der Waals surface area contributed by atoms with Crippen LogP contribution in [0.2, 0.25) is 0 Å². The first kappa shape index (κ1) is 21.1. The van der Waals surface area contributed by atoms with Crippen LogP contribution in [0.1, 0.15) is 46.6 Å². The van der Waals surface area contributed by atoms with Crippen molar-refractivity contribution in [3.63, 3.8) is 0 Å². The number of hydrogen-bond donors (Lipinski definition) is 1. The average Bonchev–Trinajstić information content (AvgIpc) is 3.51. The molecule has 1 aliphatic rings. The Hall–Kier alpha value is -3.10. The van der Waals surface area contributed by atoms with Crippen molar-refractivity contribution in [2.75, 3.05) is 13.7 Å². The summed E-state index contributed by atoms with van der Waals surface area (Å²) in [7, 11) is 1.34. The minimum Gasteiger partial charge on any atom is -0.465 e. The van der Waals surface area contributed by atoms with Gasteiger partial charge >= 0.3 is 5.97 Å². The zero-order valence-corrected chi connectivity index (χ0v) is 18.2. The van der Waals surface area contributed by atoms with Crippen LogP contribution in [0, 0.1) is 0 Å². The number of carbonyl (C=O) groups excluding carboxylic acids is 2. The highest BCUT2D eigenvalue weighted by Crippen LogP contribution is 2.42. The minimum absolute atomic E-state index is 0.0470. The summed E-state index contributed by atoms with van der Waals surface area (Å²) in [6, 6.07) is 12.8. The Kier molecular flexibility index (Phi) is 6.39. The molecule has 160 valence electrons. The highest BCUT2D eigenvalue weighted by Gasteiger charge is 2.27. The van der Waals surface area contributed by atoms with Gasteiger partial charge in [0.25, 0.3) is 0 Å². The molecule has 0 atom stereocenters. The van der Waals surface area contributed by atoms with Crippen LogP contribution in [0.3, 0.4) is 0 Å². The number of Topliss-reactive ketones (excluding diaryl/α,β-unsaturated/α-hetero) is 1. The second-order valence-electron chi connectivity index (χ2n) is 7.47. The van der Waals surface area contributed by atoms with Gasteiger partial charge < -0.3 is 14.8 Å². The van der Waals surface area contributed by atoms with E-state index in [0.29, 0.717) is 29.5 Å². The predicted octanol–water partition coefficient (Wildman–Crippen LogP) is 4.34. The fraction of sp³-hybridized carbons (Fsp3) is 0.304. The number of hydrogen-bond acceptors (Lipinski definition) is 8. The van der Waals surface area contributed by atoms with Gasteiger partial charge in [0.2, 0.25) is 0 Å². The largest absolute Gasteiger partial charge is 0.465 e. The van der Waals surface area contributed by atoms with E-state index in [4.69, 9.17) is 9.47 Å². The second kappa shape index (κ2) is 9.36. The van der Waals surface area contributed by atoms with Gasteiger partial charge in [0.1, 0.15) is 27.3 Å². The number of esters is 1. The first-order valence-corrected chi connectivity index (χ1v) is 10.9. The Balaban J connectivity index is 1.52. The first-order chi connectivity index (χ1) is 15.0. The van der Waals surface area contributed by atoms with Crippen LogP contribution >= 0.6 is 11.3 Å². The summed E-state index contributed by atoms with van der Waals surface area (Å²) in [6.07, 6.45) is 2.41. The van der Waals surface area contributed by atoms with Crippen LogP contribution in [-0.2, 0) is 16.1 Å². The predicted molar refractivity (Wildman–Crippen MR) is 118 cm³/mol. The molecule has 8 heteroatoms. The second-order valence-corrected chi connectivity index (χ2v) is 8.47. The van der Waals surface area contributed by atoms with Gasteiger partial charge in [-0.3, -0.25) is 4.79 Å². The lowest BCUT2D eigenvalue weighted by atomic mass is 10.1. The lowest BCUT2D eigenvalue weighted by Crippen LogP contribution is -2.20. The van der Waals surface area contributed by atoms with Crippen LogP contribution in [0.5, 0.6) is 11.5 Å². The molecule has 0 bridgehead atoms. The molecular formula is C23H23N3O4S. The van der Waals surface area contributed by atoms with Gasteiger partial charge in [-0.2, -0.15) is 0 Å². The van der Waals surface area contributed by atoms with Crippen LogP contribution in [0.4, 0.5) is 0 Å². The lowest BCUT2D eigenvalue weighted by Gasteiger charge is -2.13. The number of rotatable bonds is 9. The van der Waals surface area contributed by atoms with Crippen LogP contribution < -0.4 is 10.1 Å². The van der Waals surface area contributed by atoms with E-state index in [9.17, 15) is 9.59 Å². The summed E-state index contributed by atoms with van der Waals surface area (Å²) in [5.74, 6) is 1.35. The monoisotopic (exact) mass is 437 g/mol. The van der Waals surface area contributed by atoms with Gasteiger partial charge in [-0.05, 0) is 56.2 Å². The molecule has 0 radical (unpaired) electrons. The van der Waals surface area contributed by atoms with Gasteiger partial charge in [-0.25, -0.2) is 4.79 Å². The summed E-state index contributed by atoms with van der Waals surface area (Å²) >= 11 is 1.64. The Bertz CT molecular complexity index is 1090. The van der Waals surface area contributed by atoms with E-state index in [1.54, 1.807) is 29.5 Å². The van der Waals surface area contributed by atoms with Crippen molar-refractivity contribution in [3.8, 4) is 22.1 Å². The number of carbonyl (C=O) groups is 2. The Morgan fingerprint density at radius 2 is 1.90 bits per heavy atom. The van der Waals surface area contributed by atoms with Gasteiger partial charge in [-0.1, -0.05) is 17.4 Å². The summed E-state index contributed by atoms with van der Waals surface area (Å²) in [4.78, 5) is 23.2. The molecule has 31 heavy (non-hydrogen) atoms. The zero-order chi connectivity index (χ0) is 21.8. The standard InChI is InChI=1S/C23H23N3O4S/c1-14(27)12-24-13-18-6-5-17(23(28)29-2)11-20(18)30-19-9-7-16(8-10-19)22-26-25-21(31-22)15-3-4-15/h5-11,15,24H,3-4,12-13H2,1-2H3. The van der Waals surface area contributed by atoms with E-state index in [1.807, 2.05) is 24.3 Å². The lowest BCUT2D eigenvalue weighted by molar-refractivity contribution is -0.116. The van der Waals surface area contributed by atoms with Crippen molar-refractivity contribution in [1.82, 2.24) is 15.5 Å². The fourth-order valence-electron chi connectivity index (χ4n) is 3.05. The molecule has 1 saturated carbocycles. The number of benzene rings is 2. The Morgan fingerprint density at radius 1 is 1.13 bits per heavy atom. The molecule has 0 amide bonds. The summed E-state index contributed by atoms with van der Waals surface area (Å²) in [5.41, 5.74) is 2.21. The fourth-order valence-corrected chi connectivity index (χ4v) is 4.07. The SMILES string of the molecule is COC(=O)c1ccc(CNCC(C)=O)c(Oc2ccc(-c3nnc(C4CC4)s3)cc2)c1. The molecule has 1 fully saturated rings. The highest BCUT2D eigenvalue weighted by molar-refractivity contribution is 7.14. The third-order valence-electron chi connectivity index (χ3n) is 4.87. The molecule has 7 nitrogen and oxygen atoms in total. The molecule has 1 aromatic heterocycles. The number of nitrogens with one attached hydrogen (secondary N) is 1. The summed E-state index contributed by atoms with van der Waals surface area (Å²) in [5, 5.41) is 13.7. The van der Waals surface area contributed by atoms with Crippen LogP contribution in [0.25, 0.3) is 10.6 Å². The van der Waals surface area contributed by atoms with E-state index in [-0.39, 0.29) is 12.3 Å². The number of methoxy groups -OCH3 is 1. The van der Waals surface area contributed by atoms with Gasteiger partial charge in [0.15, 0.2) is 0 Å². The third kappa shape index (κ3) is 5.34. The molecular weight excluding hydrogens is 414 g/mol. The van der Waals surface area contributed by atoms with E-state index >= 15 is 0 Å². The molecule has 1 N–H and O–H groups in total. The quantitative estimate of drug-likeness (QED) is 0.498. The van der Waals surface area contributed by atoms with Crippen molar-refractivity contribution >= 4 is 23.1 Å². The Morgan fingerprint density at radius 3 is 2.58 bits per heavy atom. The number of nitrogens with zero attached hydrogens (tertiary/aromatic N) is 2. The van der Waals surface area contributed by atoms with Crippen molar-refractivity contribution in [3.05, 3.63) is 58.6 Å². The van der Waals surface area contributed by atoms with E-state index < -0.39 is 5.97 Å². The van der Waals surface area contributed by atoms with E-state index in [2.05, 4.69) is 15.5 Å². The molecule has 1 aliphatic carbocycles. The molecule has 0 unspecified atom stereocenters. The van der Waals surface area contributed by atoms with Gasteiger partial charge in [0, 0.05) is 23.6 Å². The van der Waals surface area contributed by atoms with Gasteiger partial charge in [-0.15, -0.1) is 10.2 Å². The zero-order valence-electron chi connectivity index (χ0n) is 17.4. The van der Waals surface area contributed by atoms with Gasteiger partial charge in [0.05, 0.1) is 19.2 Å². The summed E-state index contributed by atoms with van der Waals surface area (Å²) < 4.78 is 10.9. The van der Waals surface area contributed by atoms with Crippen molar-refractivity contribution in [1.29, 1.82) is 0 Å². The number of ether oxygens (including phenoxy) is 2. The molecule has 0 spiro atoms. The van der Waals surface area contributed by atoms with Crippen molar-refractivity contribution < 1.29 is 19.1 Å². The minimum atomic E-state index is -0.439. The molecule has 3 aromatic rings. The maximum Gasteiger partial charge on any atom is 0.337 e. The number of ketones is 1. The molecule has 4 rings (SSSR count). The third-order valence-corrected chi connectivity index (χ3v) is 6.01.